The fourth-order valence-electron chi connectivity index (χ4n) is 1.86. The average Bonchev–Trinajstić information content (AvgIpc) is 2.32. The molecule has 94 valence electrons. The molecule has 0 N–H and O–H groups in total. The molecular formula is C13H9Cl2FO2. The second-order valence-corrected chi connectivity index (χ2v) is 4.87. The van der Waals surface area contributed by atoms with Crippen LogP contribution in [0.15, 0.2) is 28.8 Å². The SMILES string of the molecule is O=C1CCCC(Cl)=C1C(=O)c1cc(F)ccc1Cl. The van der Waals surface area contributed by atoms with Crippen molar-refractivity contribution in [1.82, 2.24) is 0 Å². The number of Topliss-reactive ketones (excluding diaryl/α,β-unsaturated/α-hetero) is 2. The zero-order valence-corrected chi connectivity index (χ0v) is 10.8. The van der Waals surface area contributed by atoms with E-state index in [4.69, 9.17) is 23.2 Å². The lowest BCUT2D eigenvalue weighted by Gasteiger charge is -2.14. The van der Waals surface area contributed by atoms with Crippen molar-refractivity contribution < 1.29 is 14.0 Å². The van der Waals surface area contributed by atoms with Crippen LogP contribution in [0.1, 0.15) is 29.6 Å². The minimum absolute atomic E-state index is 0.0277. The normalized spacial score (nSPS) is 16.1. The Morgan fingerprint density at radius 2 is 1.94 bits per heavy atom. The van der Waals surface area contributed by atoms with Crippen molar-refractivity contribution in [2.24, 2.45) is 0 Å². The molecule has 2 nitrogen and oxygen atoms in total. The second kappa shape index (κ2) is 5.21. The molecule has 5 heteroatoms. The summed E-state index contributed by atoms with van der Waals surface area (Å²) < 4.78 is 13.1. The van der Waals surface area contributed by atoms with Gasteiger partial charge in [0.2, 0.25) is 0 Å². The molecule has 2 rings (SSSR count). The average molecular weight is 287 g/mol. The van der Waals surface area contributed by atoms with Gasteiger partial charge in [0.05, 0.1) is 10.6 Å². The fraction of sp³-hybridized carbons (Fsp3) is 0.231. The maximum atomic E-state index is 13.1. The van der Waals surface area contributed by atoms with E-state index in [0.717, 1.165) is 12.1 Å². The molecule has 1 aromatic rings. The summed E-state index contributed by atoms with van der Waals surface area (Å²) >= 11 is 11.8. The van der Waals surface area contributed by atoms with E-state index in [-0.39, 0.29) is 33.4 Å². The van der Waals surface area contributed by atoms with Crippen LogP contribution >= 0.6 is 23.2 Å². The predicted molar refractivity (Wildman–Crippen MR) is 67.5 cm³/mol. The molecule has 0 unspecified atom stereocenters. The first-order chi connectivity index (χ1) is 8.50. The Balaban J connectivity index is 2.48. The van der Waals surface area contributed by atoms with Gasteiger partial charge in [0.15, 0.2) is 11.6 Å². The van der Waals surface area contributed by atoms with Gasteiger partial charge in [-0.3, -0.25) is 9.59 Å². The van der Waals surface area contributed by atoms with E-state index in [1.807, 2.05) is 0 Å². The zero-order valence-electron chi connectivity index (χ0n) is 9.30. The first-order valence-electron chi connectivity index (χ1n) is 5.42. The lowest BCUT2D eigenvalue weighted by molar-refractivity contribution is -0.115. The molecule has 0 spiro atoms. The van der Waals surface area contributed by atoms with Gasteiger partial charge in [0.25, 0.3) is 0 Å². The van der Waals surface area contributed by atoms with Crippen LogP contribution in [0.4, 0.5) is 4.39 Å². The Labute approximate surface area is 113 Å². The third kappa shape index (κ3) is 2.47. The summed E-state index contributed by atoms with van der Waals surface area (Å²) in [6, 6.07) is 3.45. The second-order valence-electron chi connectivity index (χ2n) is 4.01. The van der Waals surface area contributed by atoms with Crippen LogP contribution in [0, 0.1) is 5.82 Å². The standard InChI is InChI=1S/C13H9Cl2FO2/c14-9-5-4-7(16)6-8(9)13(18)12-10(15)2-1-3-11(12)17/h4-6H,1-3H2. The van der Waals surface area contributed by atoms with Crippen molar-refractivity contribution in [2.45, 2.75) is 19.3 Å². The molecule has 0 heterocycles. The van der Waals surface area contributed by atoms with E-state index in [0.29, 0.717) is 12.8 Å². The van der Waals surface area contributed by atoms with Crippen molar-refractivity contribution in [2.75, 3.05) is 0 Å². The van der Waals surface area contributed by atoms with Gasteiger partial charge in [-0.2, -0.15) is 0 Å². The van der Waals surface area contributed by atoms with Crippen molar-refractivity contribution >= 4 is 34.8 Å². The third-order valence-corrected chi connectivity index (χ3v) is 3.46. The van der Waals surface area contributed by atoms with Gasteiger partial charge in [-0.25, -0.2) is 4.39 Å². The number of rotatable bonds is 2. The Hall–Kier alpha value is -1.19. The summed E-state index contributed by atoms with van der Waals surface area (Å²) in [6.45, 7) is 0. The van der Waals surface area contributed by atoms with Gasteiger partial charge in [0.1, 0.15) is 5.82 Å². The molecule has 0 atom stereocenters. The van der Waals surface area contributed by atoms with E-state index in [1.165, 1.54) is 6.07 Å². The number of hydrogen-bond donors (Lipinski definition) is 0. The van der Waals surface area contributed by atoms with E-state index < -0.39 is 11.6 Å². The molecule has 0 aromatic heterocycles. The number of carbonyl (C=O) groups excluding carboxylic acids is 2. The van der Waals surface area contributed by atoms with Crippen LogP contribution in [0.25, 0.3) is 0 Å². The Kier molecular flexibility index (Phi) is 3.83. The Morgan fingerprint density at radius 3 is 2.61 bits per heavy atom. The molecule has 0 aliphatic heterocycles. The number of carbonyl (C=O) groups is 2. The molecule has 1 aromatic carbocycles. The number of halogens is 3. The smallest absolute Gasteiger partial charge is 0.199 e. The van der Waals surface area contributed by atoms with E-state index >= 15 is 0 Å². The molecule has 0 bridgehead atoms. The van der Waals surface area contributed by atoms with Gasteiger partial charge in [-0.05, 0) is 31.0 Å². The Bertz CT molecular complexity index is 564. The predicted octanol–water partition coefficient (Wildman–Crippen LogP) is 3.91. The van der Waals surface area contributed by atoms with E-state index in [1.54, 1.807) is 0 Å². The first-order valence-corrected chi connectivity index (χ1v) is 6.18. The minimum Gasteiger partial charge on any atom is -0.294 e. The molecule has 1 aliphatic carbocycles. The monoisotopic (exact) mass is 286 g/mol. The third-order valence-electron chi connectivity index (χ3n) is 2.75. The largest absolute Gasteiger partial charge is 0.294 e. The number of benzene rings is 1. The summed E-state index contributed by atoms with van der Waals surface area (Å²) in [4.78, 5) is 23.9. The van der Waals surface area contributed by atoms with Gasteiger partial charge in [-0.15, -0.1) is 0 Å². The maximum absolute atomic E-state index is 13.1. The molecule has 1 aliphatic rings. The van der Waals surface area contributed by atoms with Crippen LogP contribution in [0.3, 0.4) is 0 Å². The highest BCUT2D eigenvalue weighted by Gasteiger charge is 2.27. The number of hydrogen-bond acceptors (Lipinski definition) is 2. The van der Waals surface area contributed by atoms with E-state index in [2.05, 4.69) is 0 Å². The van der Waals surface area contributed by atoms with Crippen molar-refractivity contribution in [3.05, 3.63) is 45.2 Å². The number of ketones is 2. The summed E-state index contributed by atoms with van der Waals surface area (Å²) in [5.74, 6) is -1.49. The van der Waals surface area contributed by atoms with Crippen molar-refractivity contribution in [1.29, 1.82) is 0 Å². The molecule has 0 saturated heterocycles. The van der Waals surface area contributed by atoms with Gasteiger partial charge in [-0.1, -0.05) is 23.2 Å². The zero-order chi connectivity index (χ0) is 13.3. The highest BCUT2D eigenvalue weighted by Crippen LogP contribution is 2.29. The molecular weight excluding hydrogens is 278 g/mol. The summed E-state index contributed by atoms with van der Waals surface area (Å²) in [7, 11) is 0. The van der Waals surface area contributed by atoms with Gasteiger partial charge in [0, 0.05) is 17.0 Å². The van der Waals surface area contributed by atoms with Crippen molar-refractivity contribution in [3.63, 3.8) is 0 Å². The topological polar surface area (TPSA) is 34.1 Å². The van der Waals surface area contributed by atoms with Crippen LogP contribution in [0.2, 0.25) is 5.02 Å². The van der Waals surface area contributed by atoms with Gasteiger partial charge >= 0.3 is 0 Å². The fourth-order valence-corrected chi connectivity index (χ4v) is 2.39. The first kappa shape index (κ1) is 13.2. The van der Waals surface area contributed by atoms with Gasteiger partial charge < -0.3 is 0 Å². The van der Waals surface area contributed by atoms with Crippen LogP contribution in [-0.4, -0.2) is 11.6 Å². The Morgan fingerprint density at radius 1 is 1.22 bits per heavy atom. The summed E-state index contributed by atoms with van der Waals surface area (Å²) in [5.41, 5.74) is -0.0875. The maximum Gasteiger partial charge on any atom is 0.199 e. The van der Waals surface area contributed by atoms with Crippen molar-refractivity contribution in [3.8, 4) is 0 Å². The summed E-state index contributed by atoms with van der Waals surface area (Å²) in [6.07, 6.45) is 1.40. The van der Waals surface area contributed by atoms with E-state index in [9.17, 15) is 14.0 Å². The highest BCUT2D eigenvalue weighted by molar-refractivity contribution is 6.42. The van der Waals surface area contributed by atoms with Crippen LogP contribution in [0.5, 0.6) is 0 Å². The van der Waals surface area contributed by atoms with Crippen LogP contribution < -0.4 is 0 Å². The molecule has 0 saturated carbocycles. The molecule has 0 amide bonds. The quantitative estimate of drug-likeness (QED) is 0.610. The molecule has 0 radical (unpaired) electrons. The lowest BCUT2D eigenvalue weighted by Crippen LogP contribution is -2.18. The highest BCUT2D eigenvalue weighted by atomic mass is 35.5. The molecule has 18 heavy (non-hydrogen) atoms. The van der Waals surface area contributed by atoms with Crippen LogP contribution in [-0.2, 0) is 4.79 Å². The molecule has 0 fully saturated rings. The summed E-state index contributed by atoms with van der Waals surface area (Å²) in [5, 5.41) is 0.341. The number of allylic oxidation sites excluding steroid dienone is 2. The lowest BCUT2D eigenvalue weighted by atomic mass is 9.91. The minimum atomic E-state index is -0.603.